The Morgan fingerprint density at radius 1 is 1.00 bits per heavy atom. The van der Waals surface area contributed by atoms with E-state index >= 15 is 0 Å². The summed E-state index contributed by atoms with van der Waals surface area (Å²) in [4.78, 5) is 0. The van der Waals surface area contributed by atoms with Gasteiger partial charge in [-0.05, 0) is 37.4 Å². The summed E-state index contributed by atoms with van der Waals surface area (Å²) in [5, 5.41) is 9.29. The first-order chi connectivity index (χ1) is 10.7. The summed E-state index contributed by atoms with van der Waals surface area (Å²) in [7, 11) is -1.79. The third-order valence-corrected chi connectivity index (χ3v) is 9.27. The molecule has 136 valence electrons. The second kappa shape index (κ2) is 12.1. The SMILES string of the molecule is CCCCCCCCC#C[C@@H](CCCO)O[Si](C)(C)C(C)(C)C. The molecule has 0 rings (SSSR count). The standard InChI is InChI=1S/C20H40O2Si/c1-7-8-9-10-11-12-13-14-16-19(17-15-18-21)22-23(5,6)20(2,3)4/h19,21H,7-13,15,17-18H2,1-6H3/t19-/m0/s1. The summed E-state index contributed by atoms with van der Waals surface area (Å²) in [5.41, 5.74) is 0. The number of hydrogen-bond donors (Lipinski definition) is 1. The summed E-state index contributed by atoms with van der Waals surface area (Å²) in [6.07, 6.45) is 10.4. The summed E-state index contributed by atoms with van der Waals surface area (Å²) in [6.45, 7) is 13.8. The molecule has 0 radical (unpaired) electrons. The van der Waals surface area contributed by atoms with Crippen LogP contribution in [-0.4, -0.2) is 26.1 Å². The Hall–Kier alpha value is -0.303. The number of rotatable bonds is 11. The molecule has 0 spiro atoms. The van der Waals surface area contributed by atoms with Crippen molar-refractivity contribution in [1.82, 2.24) is 0 Å². The van der Waals surface area contributed by atoms with Gasteiger partial charge in [-0.15, -0.1) is 5.92 Å². The molecule has 0 unspecified atom stereocenters. The van der Waals surface area contributed by atoms with Crippen molar-refractivity contribution in [2.24, 2.45) is 0 Å². The quantitative estimate of drug-likeness (QED) is 0.288. The predicted octanol–water partition coefficient (Wildman–Crippen LogP) is 5.90. The fourth-order valence-corrected chi connectivity index (χ4v) is 3.39. The van der Waals surface area contributed by atoms with Crippen molar-refractivity contribution in [1.29, 1.82) is 0 Å². The van der Waals surface area contributed by atoms with Crippen molar-refractivity contribution in [3.63, 3.8) is 0 Å². The van der Waals surface area contributed by atoms with E-state index in [4.69, 9.17) is 9.53 Å². The summed E-state index contributed by atoms with van der Waals surface area (Å²) in [5.74, 6) is 6.66. The Kier molecular flexibility index (Phi) is 12.0. The molecule has 0 amide bonds. The zero-order valence-electron chi connectivity index (χ0n) is 16.5. The van der Waals surface area contributed by atoms with Crippen molar-refractivity contribution in [2.75, 3.05) is 6.61 Å². The highest BCUT2D eigenvalue weighted by Gasteiger charge is 2.38. The summed E-state index contributed by atoms with van der Waals surface area (Å²) >= 11 is 0. The fourth-order valence-electron chi connectivity index (χ4n) is 2.15. The highest BCUT2D eigenvalue weighted by Crippen LogP contribution is 2.37. The Morgan fingerprint density at radius 3 is 2.17 bits per heavy atom. The average Bonchev–Trinajstić information content (AvgIpc) is 2.45. The molecule has 0 bridgehead atoms. The maximum Gasteiger partial charge on any atom is 0.193 e. The Morgan fingerprint density at radius 2 is 1.61 bits per heavy atom. The summed E-state index contributed by atoms with van der Waals surface area (Å²) < 4.78 is 6.42. The van der Waals surface area contributed by atoms with Gasteiger partial charge in [0.25, 0.3) is 0 Å². The first kappa shape index (κ1) is 22.7. The van der Waals surface area contributed by atoms with Crippen molar-refractivity contribution < 1.29 is 9.53 Å². The molecule has 0 saturated heterocycles. The van der Waals surface area contributed by atoms with Crippen molar-refractivity contribution in [2.45, 2.75) is 110 Å². The van der Waals surface area contributed by atoms with Crippen molar-refractivity contribution >= 4 is 8.32 Å². The molecule has 0 heterocycles. The molecular weight excluding hydrogens is 300 g/mol. The lowest BCUT2D eigenvalue weighted by Gasteiger charge is -2.38. The Bertz CT molecular complexity index is 347. The van der Waals surface area contributed by atoms with Crippen LogP contribution in [-0.2, 0) is 4.43 Å². The zero-order valence-corrected chi connectivity index (χ0v) is 17.5. The molecule has 0 aromatic carbocycles. The van der Waals surface area contributed by atoms with Gasteiger partial charge in [0.1, 0.15) is 6.10 Å². The second-order valence-corrected chi connectivity index (χ2v) is 12.8. The van der Waals surface area contributed by atoms with Crippen LogP contribution in [0.1, 0.15) is 85.5 Å². The van der Waals surface area contributed by atoms with Crippen LogP contribution in [0.15, 0.2) is 0 Å². The normalized spacial score (nSPS) is 13.5. The van der Waals surface area contributed by atoms with E-state index in [0.717, 1.165) is 19.3 Å². The van der Waals surface area contributed by atoms with Crippen LogP contribution in [0.4, 0.5) is 0 Å². The molecule has 23 heavy (non-hydrogen) atoms. The predicted molar refractivity (Wildman–Crippen MR) is 104 cm³/mol. The summed E-state index contributed by atoms with van der Waals surface area (Å²) in [6, 6.07) is 0. The highest BCUT2D eigenvalue weighted by atomic mass is 28.4. The van der Waals surface area contributed by atoms with Crippen molar-refractivity contribution in [3.8, 4) is 11.8 Å². The zero-order chi connectivity index (χ0) is 17.8. The lowest BCUT2D eigenvalue weighted by atomic mass is 10.1. The minimum atomic E-state index is -1.79. The number of aliphatic hydroxyl groups excluding tert-OH is 1. The van der Waals surface area contributed by atoms with Gasteiger partial charge in [0.2, 0.25) is 0 Å². The third kappa shape index (κ3) is 11.0. The lowest BCUT2D eigenvalue weighted by Crippen LogP contribution is -2.43. The topological polar surface area (TPSA) is 29.5 Å². The van der Waals surface area contributed by atoms with Gasteiger partial charge in [0.15, 0.2) is 8.32 Å². The number of hydrogen-bond acceptors (Lipinski definition) is 2. The first-order valence-electron chi connectivity index (χ1n) is 9.51. The van der Waals surface area contributed by atoms with Gasteiger partial charge in [-0.2, -0.15) is 0 Å². The van der Waals surface area contributed by atoms with Crippen LogP contribution in [0.2, 0.25) is 18.1 Å². The molecule has 0 aliphatic rings. The van der Waals surface area contributed by atoms with Crippen LogP contribution in [0.25, 0.3) is 0 Å². The van der Waals surface area contributed by atoms with E-state index in [9.17, 15) is 0 Å². The molecule has 0 aromatic heterocycles. The molecular formula is C20H40O2Si. The van der Waals surface area contributed by atoms with E-state index < -0.39 is 8.32 Å². The molecule has 0 fully saturated rings. The fraction of sp³-hybridized carbons (Fsp3) is 0.900. The van der Waals surface area contributed by atoms with Gasteiger partial charge in [0.05, 0.1) is 0 Å². The van der Waals surface area contributed by atoms with Gasteiger partial charge in [0, 0.05) is 13.0 Å². The van der Waals surface area contributed by atoms with Crippen LogP contribution >= 0.6 is 0 Å². The van der Waals surface area contributed by atoms with Gasteiger partial charge in [-0.25, -0.2) is 0 Å². The molecule has 2 nitrogen and oxygen atoms in total. The largest absolute Gasteiger partial charge is 0.403 e. The van der Waals surface area contributed by atoms with E-state index in [1.165, 1.54) is 38.5 Å². The van der Waals surface area contributed by atoms with E-state index in [2.05, 4.69) is 52.6 Å². The molecule has 3 heteroatoms. The van der Waals surface area contributed by atoms with Crippen LogP contribution in [0, 0.1) is 11.8 Å². The third-order valence-electron chi connectivity index (χ3n) is 4.79. The molecule has 1 atom stereocenters. The van der Waals surface area contributed by atoms with Gasteiger partial charge in [-0.3, -0.25) is 0 Å². The smallest absolute Gasteiger partial charge is 0.193 e. The van der Waals surface area contributed by atoms with Gasteiger partial charge < -0.3 is 9.53 Å². The average molecular weight is 341 g/mol. The Balaban J connectivity index is 4.33. The maximum absolute atomic E-state index is 9.09. The lowest BCUT2D eigenvalue weighted by molar-refractivity contribution is 0.200. The molecule has 1 N–H and O–H groups in total. The first-order valence-corrected chi connectivity index (χ1v) is 12.4. The number of unbranched alkanes of at least 4 members (excludes halogenated alkanes) is 6. The van der Waals surface area contributed by atoms with E-state index in [0.29, 0.717) is 0 Å². The molecule has 0 aliphatic carbocycles. The molecule has 0 saturated carbocycles. The maximum atomic E-state index is 9.09. The van der Waals surface area contributed by atoms with Crippen LogP contribution in [0.5, 0.6) is 0 Å². The van der Waals surface area contributed by atoms with E-state index in [-0.39, 0.29) is 17.7 Å². The highest BCUT2D eigenvalue weighted by molar-refractivity contribution is 6.74. The van der Waals surface area contributed by atoms with Crippen LogP contribution < -0.4 is 0 Å². The van der Waals surface area contributed by atoms with E-state index in [1.54, 1.807) is 0 Å². The Labute approximate surface area is 146 Å². The van der Waals surface area contributed by atoms with Crippen molar-refractivity contribution in [3.05, 3.63) is 0 Å². The molecule has 0 aromatic rings. The van der Waals surface area contributed by atoms with Gasteiger partial charge in [-0.1, -0.05) is 65.7 Å². The monoisotopic (exact) mass is 340 g/mol. The minimum absolute atomic E-state index is 0.0110. The number of aliphatic hydroxyl groups is 1. The minimum Gasteiger partial charge on any atom is -0.403 e. The van der Waals surface area contributed by atoms with Crippen LogP contribution in [0.3, 0.4) is 0 Å². The second-order valence-electron chi connectivity index (χ2n) is 8.07. The molecule has 0 aliphatic heterocycles. The van der Waals surface area contributed by atoms with Gasteiger partial charge >= 0.3 is 0 Å². The van der Waals surface area contributed by atoms with E-state index in [1.807, 2.05) is 0 Å².